The molecule has 0 unspecified atom stereocenters. The minimum Gasteiger partial charge on any atom is -0.497 e. The second-order valence-corrected chi connectivity index (χ2v) is 4.99. The van der Waals surface area contributed by atoms with Gasteiger partial charge in [0.1, 0.15) is 22.4 Å². The van der Waals surface area contributed by atoms with Gasteiger partial charge in [0.2, 0.25) is 0 Å². The highest BCUT2D eigenvalue weighted by Gasteiger charge is 2.06. The van der Waals surface area contributed by atoms with Crippen LogP contribution >= 0.6 is 11.3 Å². The van der Waals surface area contributed by atoms with Gasteiger partial charge < -0.3 is 9.47 Å². The lowest BCUT2D eigenvalue weighted by Crippen LogP contribution is -2.01. The fourth-order valence-electron chi connectivity index (χ4n) is 1.59. The second-order valence-electron chi connectivity index (χ2n) is 3.91. The highest BCUT2D eigenvalue weighted by molar-refractivity contribution is 7.12. The van der Waals surface area contributed by atoms with Gasteiger partial charge in [-0.2, -0.15) is 5.26 Å². The molecule has 4 nitrogen and oxygen atoms in total. The van der Waals surface area contributed by atoms with Gasteiger partial charge >= 0.3 is 0 Å². The summed E-state index contributed by atoms with van der Waals surface area (Å²) in [6, 6.07) is 9.59. The topological polar surface area (TPSA) is 55.1 Å². The van der Waals surface area contributed by atoms with E-state index < -0.39 is 0 Å². The molecule has 98 valence electrons. The summed E-state index contributed by atoms with van der Waals surface area (Å²) < 4.78 is 10.7. The van der Waals surface area contributed by atoms with E-state index in [9.17, 15) is 0 Å². The smallest absolute Gasteiger partial charge is 0.127 e. The Bertz CT molecular complexity index is 584. The molecule has 0 atom stereocenters. The molecular weight excluding hydrogens is 260 g/mol. The predicted octanol–water partition coefficient (Wildman–Crippen LogP) is 2.95. The lowest BCUT2D eigenvalue weighted by molar-refractivity contribution is 0.321. The van der Waals surface area contributed by atoms with Gasteiger partial charge in [-0.05, 0) is 31.2 Å². The number of hydrogen-bond acceptors (Lipinski definition) is 5. The standard InChI is InChI=1S/C14H14N2O2S/c1-10-13(9-15)19-14(16-10)7-8-18-12-5-3-11(17-2)4-6-12/h3-6H,7-8H2,1-2H3. The van der Waals surface area contributed by atoms with Crippen LogP contribution in [0.2, 0.25) is 0 Å². The van der Waals surface area contributed by atoms with Crippen molar-refractivity contribution in [3.8, 4) is 17.6 Å². The molecule has 0 aliphatic carbocycles. The van der Waals surface area contributed by atoms with E-state index in [1.165, 1.54) is 11.3 Å². The maximum absolute atomic E-state index is 8.86. The maximum atomic E-state index is 8.86. The van der Waals surface area contributed by atoms with Gasteiger partial charge in [0.05, 0.1) is 24.4 Å². The third-order valence-corrected chi connectivity index (χ3v) is 3.71. The first-order valence-corrected chi connectivity index (χ1v) is 6.68. The van der Waals surface area contributed by atoms with Gasteiger partial charge in [0, 0.05) is 6.42 Å². The van der Waals surface area contributed by atoms with Crippen molar-refractivity contribution >= 4 is 11.3 Å². The summed E-state index contributed by atoms with van der Waals surface area (Å²) in [4.78, 5) is 5.02. The summed E-state index contributed by atoms with van der Waals surface area (Å²) in [6.07, 6.45) is 0.708. The Morgan fingerprint density at radius 2 is 1.95 bits per heavy atom. The monoisotopic (exact) mass is 274 g/mol. The van der Waals surface area contributed by atoms with Crippen molar-refractivity contribution in [2.75, 3.05) is 13.7 Å². The molecule has 0 N–H and O–H groups in total. The largest absolute Gasteiger partial charge is 0.497 e. The van der Waals surface area contributed by atoms with Crippen molar-refractivity contribution < 1.29 is 9.47 Å². The fourth-order valence-corrected chi connectivity index (χ4v) is 2.43. The van der Waals surface area contributed by atoms with Gasteiger partial charge in [-0.3, -0.25) is 0 Å². The Kier molecular flexibility index (Phi) is 4.37. The average Bonchev–Trinajstić information content (AvgIpc) is 2.80. The first-order valence-electron chi connectivity index (χ1n) is 5.86. The molecule has 0 amide bonds. The summed E-state index contributed by atoms with van der Waals surface area (Å²) >= 11 is 1.43. The molecule has 0 spiro atoms. The van der Waals surface area contributed by atoms with E-state index in [0.717, 1.165) is 22.2 Å². The molecule has 2 aromatic rings. The molecule has 0 aliphatic heterocycles. The van der Waals surface area contributed by atoms with Gasteiger partial charge in [0.15, 0.2) is 0 Å². The highest BCUT2D eigenvalue weighted by Crippen LogP contribution is 2.19. The van der Waals surface area contributed by atoms with Crippen molar-refractivity contribution in [3.05, 3.63) is 39.8 Å². The van der Waals surface area contributed by atoms with Gasteiger partial charge in [0.25, 0.3) is 0 Å². The first-order chi connectivity index (χ1) is 9.22. The molecule has 1 heterocycles. The number of benzene rings is 1. The van der Waals surface area contributed by atoms with Crippen molar-refractivity contribution in [2.24, 2.45) is 0 Å². The van der Waals surface area contributed by atoms with E-state index in [4.69, 9.17) is 14.7 Å². The van der Waals surface area contributed by atoms with Gasteiger partial charge in [-0.25, -0.2) is 4.98 Å². The molecule has 0 radical (unpaired) electrons. The minimum atomic E-state index is 0.546. The second kappa shape index (κ2) is 6.21. The van der Waals surface area contributed by atoms with Crippen LogP contribution in [0.4, 0.5) is 0 Å². The maximum Gasteiger partial charge on any atom is 0.127 e. The Morgan fingerprint density at radius 3 is 2.53 bits per heavy atom. The van der Waals surface area contributed by atoms with Crippen LogP contribution < -0.4 is 9.47 Å². The van der Waals surface area contributed by atoms with Crippen LogP contribution in [0.25, 0.3) is 0 Å². The average molecular weight is 274 g/mol. The van der Waals surface area contributed by atoms with Crippen LogP contribution in [-0.2, 0) is 6.42 Å². The van der Waals surface area contributed by atoms with Crippen LogP contribution in [0.1, 0.15) is 15.6 Å². The SMILES string of the molecule is COc1ccc(OCCc2nc(C)c(C#N)s2)cc1. The lowest BCUT2D eigenvalue weighted by atomic mass is 10.3. The Morgan fingerprint density at radius 1 is 1.26 bits per heavy atom. The van der Waals surface area contributed by atoms with Crippen molar-refractivity contribution in [1.29, 1.82) is 5.26 Å². The van der Waals surface area contributed by atoms with Crippen molar-refractivity contribution in [3.63, 3.8) is 0 Å². The number of rotatable bonds is 5. The number of aromatic nitrogens is 1. The highest BCUT2D eigenvalue weighted by atomic mass is 32.1. The first kappa shape index (κ1) is 13.4. The van der Waals surface area contributed by atoms with E-state index in [0.29, 0.717) is 17.9 Å². The number of methoxy groups -OCH3 is 1. The normalized spacial score (nSPS) is 9.95. The summed E-state index contributed by atoms with van der Waals surface area (Å²) in [7, 11) is 1.63. The van der Waals surface area contributed by atoms with Crippen LogP contribution in [0, 0.1) is 18.3 Å². The van der Waals surface area contributed by atoms with E-state index >= 15 is 0 Å². The predicted molar refractivity (Wildman–Crippen MR) is 73.8 cm³/mol. The number of thiazole rings is 1. The third-order valence-electron chi connectivity index (χ3n) is 2.59. The third kappa shape index (κ3) is 3.46. The molecule has 5 heteroatoms. The van der Waals surface area contributed by atoms with Crippen LogP contribution in [-0.4, -0.2) is 18.7 Å². The fraction of sp³-hybridized carbons (Fsp3) is 0.286. The van der Waals surface area contributed by atoms with E-state index in [2.05, 4.69) is 11.1 Å². The Hall–Kier alpha value is -2.06. The number of hydrogen-bond donors (Lipinski definition) is 0. The molecule has 0 fully saturated rings. The van der Waals surface area contributed by atoms with Crippen molar-refractivity contribution in [1.82, 2.24) is 4.98 Å². The van der Waals surface area contributed by atoms with Gasteiger partial charge in [-0.1, -0.05) is 0 Å². The number of aryl methyl sites for hydroxylation is 1. The summed E-state index contributed by atoms with van der Waals surface area (Å²) in [5.74, 6) is 1.61. The van der Waals surface area contributed by atoms with Crippen LogP contribution in [0.3, 0.4) is 0 Å². The molecule has 2 rings (SSSR count). The zero-order chi connectivity index (χ0) is 13.7. The molecule has 19 heavy (non-hydrogen) atoms. The molecular formula is C14H14N2O2S. The zero-order valence-electron chi connectivity index (χ0n) is 10.8. The van der Waals surface area contributed by atoms with E-state index in [1.54, 1.807) is 7.11 Å². The molecule has 0 saturated heterocycles. The van der Waals surface area contributed by atoms with Crippen LogP contribution in [0.5, 0.6) is 11.5 Å². The van der Waals surface area contributed by atoms with Crippen LogP contribution in [0.15, 0.2) is 24.3 Å². The summed E-state index contributed by atoms with van der Waals surface area (Å²) in [6.45, 7) is 2.40. The quantitative estimate of drug-likeness (QED) is 0.841. The molecule has 0 bridgehead atoms. The zero-order valence-corrected chi connectivity index (χ0v) is 11.7. The molecule has 0 saturated carbocycles. The van der Waals surface area contributed by atoms with Crippen molar-refractivity contribution in [2.45, 2.75) is 13.3 Å². The van der Waals surface area contributed by atoms with Gasteiger partial charge in [-0.15, -0.1) is 11.3 Å². The van der Waals surface area contributed by atoms with E-state index in [1.807, 2.05) is 31.2 Å². The number of nitrogens with zero attached hydrogens (tertiary/aromatic N) is 2. The lowest BCUT2D eigenvalue weighted by Gasteiger charge is -2.05. The minimum absolute atomic E-state index is 0.546. The molecule has 0 aliphatic rings. The Labute approximate surface area is 116 Å². The number of nitriles is 1. The summed E-state index contributed by atoms with van der Waals surface area (Å²) in [5, 5.41) is 9.79. The summed E-state index contributed by atoms with van der Waals surface area (Å²) in [5.41, 5.74) is 0.798. The molecule has 1 aromatic heterocycles. The van der Waals surface area contributed by atoms with E-state index in [-0.39, 0.29) is 0 Å². The Balaban J connectivity index is 1.87. The molecule has 1 aromatic carbocycles. The number of ether oxygens (including phenoxy) is 2.